The van der Waals surface area contributed by atoms with Gasteiger partial charge < -0.3 is 16.8 Å². The SMILES string of the molecule is Nc1nc(N)c2c(n1)CCC(NCc1ccc(Cl)cc1)C2. The molecule has 1 aliphatic carbocycles. The lowest BCUT2D eigenvalue weighted by Gasteiger charge is -2.25. The van der Waals surface area contributed by atoms with Crippen molar-refractivity contribution in [1.82, 2.24) is 15.3 Å². The number of nitrogens with one attached hydrogen (secondary N) is 1. The van der Waals surface area contributed by atoms with Crippen molar-refractivity contribution in [2.45, 2.75) is 31.8 Å². The summed E-state index contributed by atoms with van der Waals surface area (Å²) < 4.78 is 0. The molecule has 6 heteroatoms. The number of hydrogen-bond acceptors (Lipinski definition) is 5. The number of aryl methyl sites for hydroxylation is 1. The van der Waals surface area contributed by atoms with Crippen LogP contribution in [0, 0.1) is 0 Å². The fourth-order valence-electron chi connectivity index (χ4n) is 2.70. The van der Waals surface area contributed by atoms with Gasteiger partial charge in [-0.1, -0.05) is 23.7 Å². The van der Waals surface area contributed by atoms with E-state index in [-0.39, 0.29) is 5.95 Å². The minimum absolute atomic E-state index is 0.263. The fraction of sp³-hybridized carbons (Fsp3) is 0.333. The molecule has 0 fully saturated rings. The Morgan fingerprint density at radius 2 is 1.95 bits per heavy atom. The van der Waals surface area contributed by atoms with Crippen molar-refractivity contribution in [3.05, 3.63) is 46.1 Å². The van der Waals surface area contributed by atoms with Crippen LogP contribution in [-0.2, 0) is 19.4 Å². The molecule has 0 radical (unpaired) electrons. The lowest BCUT2D eigenvalue weighted by atomic mass is 9.92. The predicted molar refractivity (Wildman–Crippen MR) is 85.0 cm³/mol. The summed E-state index contributed by atoms with van der Waals surface area (Å²) in [5, 5.41) is 4.31. The number of hydrogen-bond donors (Lipinski definition) is 3. The van der Waals surface area contributed by atoms with Gasteiger partial charge in [0.2, 0.25) is 5.95 Å². The Morgan fingerprint density at radius 1 is 1.19 bits per heavy atom. The van der Waals surface area contributed by atoms with Crippen molar-refractivity contribution < 1.29 is 0 Å². The predicted octanol–water partition coefficient (Wildman–Crippen LogP) is 1.94. The first-order chi connectivity index (χ1) is 10.1. The highest BCUT2D eigenvalue weighted by atomic mass is 35.5. The number of aromatic nitrogens is 2. The highest BCUT2D eigenvalue weighted by Crippen LogP contribution is 2.24. The van der Waals surface area contributed by atoms with Gasteiger partial charge in [0.25, 0.3) is 0 Å². The molecule has 0 saturated carbocycles. The van der Waals surface area contributed by atoms with Crippen LogP contribution in [0.5, 0.6) is 0 Å². The largest absolute Gasteiger partial charge is 0.383 e. The summed E-state index contributed by atoms with van der Waals surface area (Å²) in [6.07, 6.45) is 2.75. The van der Waals surface area contributed by atoms with Gasteiger partial charge in [-0.2, -0.15) is 4.98 Å². The normalized spacial score (nSPS) is 17.5. The molecule has 3 rings (SSSR count). The molecule has 1 unspecified atom stereocenters. The van der Waals surface area contributed by atoms with Crippen LogP contribution in [0.4, 0.5) is 11.8 Å². The van der Waals surface area contributed by atoms with Crippen molar-refractivity contribution in [2.24, 2.45) is 0 Å². The maximum absolute atomic E-state index is 5.95. The zero-order valence-corrected chi connectivity index (χ0v) is 12.4. The standard InChI is InChI=1S/C15H18ClN5/c16-10-3-1-9(2-4-10)8-19-11-5-6-13-12(7-11)14(17)21-15(18)20-13/h1-4,11,19H,5-8H2,(H4,17,18,20,21). The van der Waals surface area contributed by atoms with Crippen LogP contribution in [0.25, 0.3) is 0 Å². The van der Waals surface area contributed by atoms with Crippen molar-refractivity contribution in [3.63, 3.8) is 0 Å². The Kier molecular flexibility index (Phi) is 3.94. The van der Waals surface area contributed by atoms with Gasteiger partial charge in [0, 0.05) is 23.2 Å². The van der Waals surface area contributed by atoms with Crippen LogP contribution in [0.15, 0.2) is 24.3 Å². The van der Waals surface area contributed by atoms with E-state index < -0.39 is 0 Å². The number of benzene rings is 1. The Balaban J connectivity index is 1.65. The number of nitrogens with two attached hydrogens (primary N) is 2. The smallest absolute Gasteiger partial charge is 0.222 e. The molecule has 1 heterocycles. The zero-order valence-electron chi connectivity index (χ0n) is 11.6. The molecule has 5 N–H and O–H groups in total. The highest BCUT2D eigenvalue weighted by Gasteiger charge is 2.22. The monoisotopic (exact) mass is 303 g/mol. The second-order valence-electron chi connectivity index (χ2n) is 5.34. The molecule has 1 atom stereocenters. The van der Waals surface area contributed by atoms with Gasteiger partial charge in [-0.15, -0.1) is 0 Å². The zero-order chi connectivity index (χ0) is 14.8. The number of halogens is 1. The van der Waals surface area contributed by atoms with E-state index in [1.807, 2.05) is 24.3 Å². The van der Waals surface area contributed by atoms with Gasteiger partial charge >= 0.3 is 0 Å². The van der Waals surface area contributed by atoms with Crippen LogP contribution in [0.1, 0.15) is 23.2 Å². The molecule has 21 heavy (non-hydrogen) atoms. The van der Waals surface area contributed by atoms with E-state index in [1.165, 1.54) is 5.56 Å². The van der Waals surface area contributed by atoms with Crippen LogP contribution < -0.4 is 16.8 Å². The molecule has 5 nitrogen and oxygen atoms in total. The first-order valence-electron chi connectivity index (χ1n) is 7.00. The molecule has 0 saturated heterocycles. The van der Waals surface area contributed by atoms with E-state index >= 15 is 0 Å². The summed E-state index contributed by atoms with van der Waals surface area (Å²) in [5.41, 5.74) is 14.8. The molecule has 0 amide bonds. The summed E-state index contributed by atoms with van der Waals surface area (Å²) >= 11 is 5.89. The van der Waals surface area contributed by atoms with E-state index in [2.05, 4.69) is 15.3 Å². The molecule has 110 valence electrons. The first-order valence-corrected chi connectivity index (χ1v) is 7.38. The Bertz CT molecular complexity index is 641. The van der Waals surface area contributed by atoms with Gasteiger partial charge in [0.15, 0.2) is 0 Å². The van der Waals surface area contributed by atoms with Gasteiger partial charge in [-0.05, 0) is 37.0 Å². The molecule has 0 aliphatic heterocycles. The second kappa shape index (κ2) is 5.87. The van der Waals surface area contributed by atoms with Crippen molar-refractivity contribution in [3.8, 4) is 0 Å². The molecule has 1 aliphatic rings. The molecular formula is C15H18ClN5. The van der Waals surface area contributed by atoms with Gasteiger partial charge in [0.05, 0.1) is 5.69 Å². The summed E-state index contributed by atoms with van der Waals surface area (Å²) in [6, 6.07) is 8.25. The lowest BCUT2D eigenvalue weighted by molar-refractivity contribution is 0.453. The maximum Gasteiger partial charge on any atom is 0.222 e. The van der Waals surface area contributed by atoms with Crippen LogP contribution in [-0.4, -0.2) is 16.0 Å². The minimum Gasteiger partial charge on any atom is -0.383 e. The number of nitrogens with zero attached hydrogens (tertiary/aromatic N) is 2. The highest BCUT2D eigenvalue weighted by molar-refractivity contribution is 6.30. The first kappa shape index (κ1) is 14.1. The Morgan fingerprint density at radius 3 is 2.71 bits per heavy atom. The molecule has 1 aromatic carbocycles. The number of fused-ring (bicyclic) bond motifs is 1. The third kappa shape index (κ3) is 3.25. The fourth-order valence-corrected chi connectivity index (χ4v) is 2.82. The molecule has 1 aromatic heterocycles. The van der Waals surface area contributed by atoms with E-state index in [4.69, 9.17) is 23.1 Å². The number of anilines is 2. The van der Waals surface area contributed by atoms with E-state index in [0.717, 1.165) is 42.1 Å². The van der Waals surface area contributed by atoms with Crippen molar-refractivity contribution in [1.29, 1.82) is 0 Å². The topological polar surface area (TPSA) is 89.8 Å². The maximum atomic E-state index is 5.95. The van der Waals surface area contributed by atoms with Gasteiger partial charge in [-0.3, -0.25) is 0 Å². The third-order valence-corrected chi connectivity index (χ3v) is 4.08. The molecule has 2 aromatic rings. The van der Waals surface area contributed by atoms with Crippen molar-refractivity contribution >= 4 is 23.4 Å². The Hall–Kier alpha value is -1.85. The molecule has 0 bridgehead atoms. The summed E-state index contributed by atoms with van der Waals surface area (Å²) in [5.74, 6) is 0.773. The van der Waals surface area contributed by atoms with E-state index in [9.17, 15) is 0 Å². The molecule has 0 spiro atoms. The Labute approximate surface area is 128 Å². The average molecular weight is 304 g/mol. The summed E-state index contributed by atoms with van der Waals surface area (Å²) in [6.45, 7) is 0.812. The van der Waals surface area contributed by atoms with E-state index in [0.29, 0.717) is 11.9 Å². The van der Waals surface area contributed by atoms with Crippen LogP contribution >= 0.6 is 11.6 Å². The van der Waals surface area contributed by atoms with Crippen LogP contribution in [0.3, 0.4) is 0 Å². The number of nitrogen functional groups attached to an aromatic ring is 2. The van der Waals surface area contributed by atoms with E-state index in [1.54, 1.807) is 0 Å². The summed E-state index contributed by atoms with van der Waals surface area (Å²) in [4.78, 5) is 8.33. The second-order valence-corrected chi connectivity index (χ2v) is 5.78. The van der Waals surface area contributed by atoms with Gasteiger partial charge in [0.1, 0.15) is 5.82 Å². The summed E-state index contributed by atoms with van der Waals surface area (Å²) in [7, 11) is 0. The average Bonchev–Trinajstić information content (AvgIpc) is 2.47. The molecular weight excluding hydrogens is 286 g/mol. The van der Waals surface area contributed by atoms with Crippen LogP contribution in [0.2, 0.25) is 5.02 Å². The quantitative estimate of drug-likeness (QED) is 0.806. The number of rotatable bonds is 3. The van der Waals surface area contributed by atoms with Crippen molar-refractivity contribution in [2.75, 3.05) is 11.5 Å². The third-order valence-electron chi connectivity index (χ3n) is 3.83. The van der Waals surface area contributed by atoms with Gasteiger partial charge in [-0.25, -0.2) is 4.98 Å². The lowest BCUT2D eigenvalue weighted by Crippen LogP contribution is -2.35. The minimum atomic E-state index is 0.263.